The second kappa shape index (κ2) is 5.56. The van der Waals surface area contributed by atoms with Crippen LogP contribution in [0.5, 0.6) is 0 Å². The minimum Gasteiger partial charge on any atom is -0.398 e. The molecule has 0 saturated carbocycles. The number of aryl methyl sites for hydroxylation is 1. The minimum absolute atomic E-state index is 0.178. The van der Waals surface area contributed by atoms with Crippen molar-refractivity contribution in [1.82, 2.24) is 0 Å². The molecule has 4 nitrogen and oxygen atoms in total. The molecule has 2 N–H and O–H groups in total. The van der Waals surface area contributed by atoms with Crippen LogP contribution in [-0.2, 0) is 14.3 Å². The molecule has 0 aliphatic heterocycles. The van der Waals surface area contributed by atoms with Gasteiger partial charge in [0, 0.05) is 16.3 Å². The molecule has 0 bridgehead atoms. The Morgan fingerprint density at radius 1 is 1.44 bits per heavy atom. The molecule has 0 fully saturated rings. The Hall–Kier alpha value is -0.720. The molecular formula is C10H15NO3S2. The number of thioether (sulfide) groups is 1. The molecule has 0 heterocycles. The van der Waals surface area contributed by atoms with Gasteiger partial charge in [-0.3, -0.25) is 4.18 Å². The summed E-state index contributed by atoms with van der Waals surface area (Å²) in [5, 5.41) is 0. The lowest BCUT2D eigenvalue weighted by Gasteiger charge is -2.04. The van der Waals surface area contributed by atoms with Crippen LogP contribution in [0.15, 0.2) is 23.1 Å². The first-order valence-electron chi connectivity index (χ1n) is 4.72. The van der Waals surface area contributed by atoms with Crippen LogP contribution in [0.2, 0.25) is 0 Å². The minimum atomic E-state index is -3.33. The van der Waals surface area contributed by atoms with Gasteiger partial charge < -0.3 is 5.73 Å². The first-order valence-corrected chi connectivity index (χ1v) is 7.52. The van der Waals surface area contributed by atoms with Gasteiger partial charge in [0.05, 0.1) is 12.9 Å². The van der Waals surface area contributed by atoms with Gasteiger partial charge in [-0.1, -0.05) is 6.07 Å². The molecular weight excluding hydrogens is 246 g/mol. The number of nitrogen functional groups attached to an aromatic ring is 1. The van der Waals surface area contributed by atoms with Gasteiger partial charge in [-0.2, -0.15) is 8.42 Å². The highest BCUT2D eigenvalue weighted by molar-refractivity contribution is 7.99. The van der Waals surface area contributed by atoms with Crippen molar-refractivity contribution in [2.45, 2.75) is 11.8 Å². The fourth-order valence-electron chi connectivity index (χ4n) is 1.05. The molecule has 0 saturated heterocycles. The summed E-state index contributed by atoms with van der Waals surface area (Å²) in [7, 11) is -3.33. The van der Waals surface area contributed by atoms with Crippen molar-refractivity contribution in [2.24, 2.45) is 0 Å². The zero-order valence-electron chi connectivity index (χ0n) is 9.26. The summed E-state index contributed by atoms with van der Waals surface area (Å²) in [6.45, 7) is 2.12. The Morgan fingerprint density at radius 2 is 2.12 bits per heavy atom. The summed E-state index contributed by atoms with van der Waals surface area (Å²) in [4.78, 5) is 1.01. The quantitative estimate of drug-likeness (QED) is 0.378. The van der Waals surface area contributed by atoms with Gasteiger partial charge >= 0.3 is 0 Å². The molecule has 6 heteroatoms. The predicted molar refractivity (Wildman–Crippen MR) is 67.1 cm³/mol. The Kier molecular flexibility index (Phi) is 4.64. The van der Waals surface area contributed by atoms with Crippen LogP contribution in [0.25, 0.3) is 0 Å². The van der Waals surface area contributed by atoms with Crippen LogP contribution in [-0.4, -0.2) is 27.0 Å². The Morgan fingerprint density at radius 3 is 2.69 bits per heavy atom. The lowest BCUT2D eigenvalue weighted by Crippen LogP contribution is -2.05. The number of anilines is 1. The average Bonchev–Trinajstić information content (AvgIpc) is 2.17. The summed E-state index contributed by atoms with van der Waals surface area (Å²) < 4.78 is 26.0. The van der Waals surface area contributed by atoms with Gasteiger partial charge in [0.15, 0.2) is 0 Å². The SMILES string of the molecule is Cc1ccc(SCCOS(C)(=O)=O)cc1N. The van der Waals surface area contributed by atoms with E-state index in [1.54, 1.807) is 0 Å². The van der Waals surface area contributed by atoms with E-state index in [0.29, 0.717) is 5.75 Å². The van der Waals surface area contributed by atoms with Gasteiger partial charge in [0.25, 0.3) is 10.1 Å². The summed E-state index contributed by atoms with van der Waals surface area (Å²) in [5.41, 5.74) is 7.54. The van der Waals surface area contributed by atoms with E-state index in [0.717, 1.165) is 22.4 Å². The van der Waals surface area contributed by atoms with Crippen molar-refractivity contribution < 1.29 is 12.6 Å². The fraction of sp³-hybridized carbons (Fsp3) is 0.400. The predicted octanol–water partition coefficient (Wildman–Crippen LogP) is 1.65. The molecule has 0 atom stereocenters. The highest BCUT2D eigenvalue weighted by atomic mass is 32.2. The highest BCUT2D eigenvalue weighted by Crippen LogP contribution is 2.22. The van der Waals surface area contributed by atoms with E-state index in [-0.39, 0.29) is 6.61 Å². The highest BCUT2D eigenvalue weighted by Gasteiger charge is 2.02. The van der Waals surface area contributed by atoms with Crippen LogP contribution < -0.4 is 5.73 Å². The number of nitrogens with two attached hydrogens (primary N) is 1. The van der Waals surface area contributed by atoms with Crippen LogP contribution in [0.1, 0.15) is 5.56 Å². The van der Waals surface area contributed by atoms with Gasteiger partial charge in [-0.25, -0.2) is 0 Å². The zero-order chi connectivity index (χ0) is 12.2. The van der Waals surface area contributed by atoms with Crippen molar-refractivity contribution in [2.75, 3.05) is 24.3 Å². The Balaban J connectivity index is 2.41. The normalized spacial score (nSPS) is 11.6. The molecule has 16 heavy (non-hydrogen) atoms. The summed E-state index contributed by atoms with van der Waals surface area (Å²) in [5.74, 6) is 0.579. The molecule has 1 rings (SSSR count). The second-order valence-electron chi connectivity index (χ2n) is 3.39. The van der Waals surface area contributed by atoms with Crippen LogP contribution >= 0.6 is 11.8 Å². The third-order valence-corrected chi connectivity index (χ3v) is 3.45. The van der Waals surface area contributed by atoms with E-state index < -0.39 is 10.1 Å². The lowest BCUT2D eigenvalue weighted by molar-refractivity contribution is 0.345. The Bertz CT molecular complexity index is 457. The maximum Gasteiger partial charge on any atom is 0.264 e. The molecule has 0 aromatic heterocycles. The zero-order valence-corrected chi connectivity index (χ0v) is 10.9. The number of hydrogen-bond donors (Lipinski definition) is 1. The number of hydrogen-bond acceptors (Lipinski definition) is 5. The first kappa shape index (κ1) is 13.3. The molecule has 0 spiro atoms. The van der Waals surface area contributed by atoms with Crippen LogP contribution in [0.4, 0.5) is 5.69 Å². The molecule has 1 aromatic rings. The van der Waals surface area contributed by atoms with Crippen molar-refractivity contribution in [3.05, 3.63) is 23.8 Å². The van der Waals surface area contributed by atoms with E-state index in [1.165, 1.54) is 11.8 Å². The third-order valence-electron chi connectivity index (χ3n) is 1.90. The Labute approximate surface area is 100 Å². The van der Waals surface area contributed by atoms with Crippen molar-refractivity contribution in [1.29, 1.82) is 0 Å². The summed E-state index contributed by atoms with van der Waals surface area (Å²) in [6.07, 6.45) is 1.04. The van der Waals surface area contributed by atoms with Gasteiger partial charge in [0.1, 0.15) is 0 Å². The molecule has 0 amide bonds. The average molecular weight is 261 g/mol. The smallest absolute Gasteiger partial charge is 0.264 e. The first-order chi connectivity index (χ1) is 7.38. The van der Waals surface area contributed by atoms with Crippen molar-refractivity contribution >= 4 is 27.6 Å². The largest absolute Gasteiger partial charge is 0.398 e. The maximum atomic E-state index is 10.7. The van der Waals surface area contributed by atoms with Gasteiger partial charge in [-0.05, 0) is 24.6 Å². The molecule has 90 valence electrons. The monoisotopic (exact) mass is 261 g/mol. The maximum absolute atomic E-state index is 10.7. The van der Waals surface area contributed by atoms with Crippen molar-refractivity contribution in [3.63, 3.8) is 0 Å². The molecule has 1 aromatic carbocycles. The third kappa shape index (κ3) is 4.87. The van der Waals surface area contributed by atoms with Crippen molar-refractivity contribution in [3.8, 4) is 0 Å². The van der Waals surface area contributed by atoms with E-state index >= 15 is 0 Å². The second-order valence-corrected chi connectivity index (χ2v) is 6.21. The molecule has 0 aliphatic carbocycles. The summed E-state index contributed by atoms with van der Waals surface area (Å²) in [6, 6.07) is 5.77. The van der Waals surface area contributed by atoms with Crippen LogP contribution in [0.3, 0.4) is 0 Å². The fourth-order valence-corrected chi connectivity index (χ4v) is 2.32. The van der Waals surface area contributed by atoms with E-state index in [9.17, 15) is 8.42 Å². The number of rotatable bonds is 5. The topological polar surface area (TPSA) is 69.4 Å². The summed E-state index contributed by atoms with van der Waals surface area (Å²) >= 11 is 1.51. The van der Waals surface area contributed by atoms with Crippen LogP contribution in [0, 0.1) is 6.92 Å². The van der Waals surface area contributed by atoms with E-state index in [2.05, 4.69) is 4.18 Å². The number of benzene rings is 1. The lowest BCUT2D eigenvalue weighted by atomic mass is 10.2. The standard InChI is InChI=1S/C10H15NO3S2/c1-8-3-4-9(7-10(8)11)15-6-5-14-16(2,12)13/h3-4,7H,5-6,11H2,1-2H3. The molecule has 0 aliphatic rings. The van der Waals surface area contributed by atoms with E-state index in [1.807, 2.05) is 25.1 Å². The molecule has 0 unspecified atom stereocenters. The molecule has 0 radical (unpaired) electrons. The van der Waals surface area contributed by atoms with Gasteiger partial charge in [0.2, 0.25) is 0 Å². The van der Waals surface area contributed by atoms with E-state index in [4.69, 9.17) is 5.73 Å². The van der Waals surface area contributed by atoms with Gasteiger partial charge in [-0.15, -0.1) is 11.8 Å².